The third kappa shape index (κ3) is 3.16. The molecule has 2 fully saturated rings. The number of ether oxygens (including phenoxy) is 3. The highest BCUT2D eigenvalue weighted by atomic mass is 16.5. The van der Waals surface area contributed by atoms with E-state index < -0.39 is 0 Å². The van der Waals surface area contributed by atoms with E-state index in [4.69, 9.17) is 19.9 Å². The van der Waals surface area contributed by atoms with Crippen molar-refractivity contribution in [3.05, 3.63) is 23.8 Å². The fourth-order valence-electron chi connectivity index (χ4n) is 3.35. The van der Waals surface area contributed by atoms with E-state index in [0.29, 0.717) is 6.61 Å². The topological polar surface area (TPSA) is 53.7 Å². The average molecular weight is 291 g/mol. The van der Waals surface area contributed by atoms with Crippen molar-refractivity contribution in [2.24, 2.45) is 5.73 Å². The Bertz CT molecular complexity index is 477. The van der Waals surface area contributed by atoms with Crippen LogP contribution in [-0.4, -0.2) is 26.4 Å². The number of rotatable bonds is 4. The third-order valence-corrected chi connectivity index (χ3v) is 4.65. The Morgan fingerprint density at radius 1 is 1.19 bits per heavy atom. The fraction of sp³-hybridized carbons (Fsp3) is 0.647. The van der Waals surface area contributed by atoms with Gasteiger partial charge >= 0.3 is 0 Å². The summed E-state index contributed by atoms with van der Waals surface area (Å²) in [6, 6.07) is 6.13. The van der Waals surface area contributed by atoms with Crippen LogP contribution in [0.1, 0.15) is 44.1 Å². The van der Waals surface area contributed by atoms with Crippen LogP contribution >= 0.6 is 0 Å². The molecule has 1 atom stereocenters. The lowest BCUT2D eigenvalue weighted by Crippen LogP contribution is -2.33. The van der Waals surface area contributed by atoms with Gasteiger partial charge in [0.05, 0.1) is 13.7 Å². The zero-order chi connectivity index (χ0) is 14.7. The highest BCUT2D eigenvalue weighted by molar-refractivity contribution is 5.45. The number of hydrogen-bond acceptors (Lipinski definition) is 4. The molecule has 1 saturated carbocycles. The number of benzene rings is 1. The van der Waals surface area contributed by atoms with E-state index in [-0.39, 0.29) is 11.6 Å². The maximum absolute atomic E-state index is 6.52. The summed E-state index contributed by atoms with van der Waals surface area (Å²) in [4.78, 5) is 0. The van der Waals surface area contributed by atoms with Crippen LogP contribution in [0.4, 0.5) is 0 Å². The SMILES string of the molecule is COc1cc(C2(N)CCCC2)ccc1OC1CCCOC1. The first-order valence-corrected chi connectivity index (χ1v) is 7.93. The van der Waals surface area contributed by atoms with Crippen LogP contribution in [0.3, 0.4) is 0 Å². The van der Waals surface area contributed by atoms with Crippen LogP contribution in [-0.2, 0) is 10.3 Å². The monoisotopic (exact) mass is 291 g/mol. The quantitative estimate of drug-likeness (QED) is 0.926. The summed E-state index contributed by atoms with van der Waals surface area (Å²) in [7, 11) is 1.68. The Labute approximate surface area is 126 Å². The van der Waals surface area contributed by atoms with Crippen molar-refractivity contribution < 1.29 is 14.2 Å². The van der Waals surface area contributed by atoms with Crippen LogP contribution in [0.25, 0.3) is 0 Å². The normalized spacial score (nSPS) is 24.8. The van der Waals surface area contributed by atoms with Gasteiger partial charge in [0, 0.05) is 12.1 Å². The molecule has 4 nitrogen and oxygen atoms in total. The van der Waals surface area contributed by atoms with Crippen molar-refractivity contribution in [3.8, 4) is 11.5 Å². The van der Waals surface area contributed by atoms with Gasteiger partial charge in [-0.25, -0.2) is 0 Å². The van der Waals surface area contributed by atoms with Gasteiger partial charge in [0.15, 0.2) is 11.5 Å². The molecular formula is C17H25NO3. The lowest BCUT2D eigenvalue weighted by atomic mass is 9.89. The highest BCUT2D eigenvalue weighted by Gasteiger charge is 2.32. The predicted octanol–water partition coefficient (Wildman–Crippen LogP) is 2.98. The molecule has 1 unspecified atom stereocenters. The predicted molar refractivity (Wildman–Crippen MR) is 81.8 cm³/mol. The molecule has 4 heteroatoms. The molecule has 0 bridgehead atoms. The van der Waals surface area contributed by atoms with Crippen molar-refractivity contribution in [2.75, 3.05) is 20.3 Å². The molecule has 1 saturated heterocycles. The van der Waals surface area contributed by atoms with Gasteiger partial charge in [0.25, 0.3) is 0 Å². The summed E-state index contributed by atoms with van der Waals surface area (Å²) in [5.41, 5.74) is 7.48. The summed E-state index contributed by atoms with van der Waals surface area (Å²) in [5.74, 6) is 1.56. The van der Waals surface area contributed by atoms with Gasteiger partial charge in [-0.2, -0.15) is 0 Å². The first-order valence-electron chi connectivity index (χ1n) is 7.93. The first-order chi connectivity index (χ1) is 10.2. The van der Waals surface area contributed by atoms with Crippen LogP contribution in [0.15, 0.2) is 18.2 Å². The molecular weight excluding hydrogens is 266 g/mol. The Kier molecular flexibility index (Phi) is 4.36. The molecule has 1 aromatic rings. The van der Waals surface area contributed by atoms with Gasteiger partial charge in [-0.1, -0.05) is 18.9 Å². The molecule has 21 heavy (non-hydrogen) atoms. The Hall–Kier alpha value is -1.26. The van der Waals surface area contributed by atoms with E-state index in [0.717, 1.165) is 49.4 Å². The van der Waals surface area contributed by atoms with Gasteiger partial charge < -0.3 is 19.9 Å². The molecule has 2 aliphatic rings. The van der Waals surface area contributed by atoms with Gasteiger partial charge in [0.1, 0.15) is 6.10 Å². The number of methoxy groups -OCH3 is 1. The maximum Gasteiger partial charge on any atom is 0.161 e. The van der Waals surface area contributed by atoms with Crippen molar-refractivity contribution in [1.82, 2.24) is 0 Å². The lowest BCUT2D eigenvalue weighted by Gasteiger charge is -2.27. The second-order valence-electron chi connectivity index (χ2n) is 6.19. The van der Waals surface area contributed by atoms with Crippen LogP contribution in [0.2, 0.25) is 0 Å². The van der Waals surface area contributed by atoms with Gasteiger partial charge in [-0.15, -0.1) is 0 Å². The summed E-state index contributed by atoms with van der Waals surface area (Å²) >= 11 is 0. The van der Waals surface area contributed by atoms with Crippen LogP contribution in [0.5, 0.6) is 11.5 Å². The average Bonchev–Trinajstić information content (AvgIpc) is 2.96. The van der Waals surface area contributed by atoms with E-state index in [2.05, 4.69) is 6.07 Å². The fourth-order valence-corrected chi connectivity index (χ4v) is 3.35. The van der Waals surface area contributed by atoms with E-state index in [1.165, 1.54) is 12.8 Å². The van der Waals surface area contributed by atoms with Gasteiger partial charge in [-0.05, 0) is 43.4 Å². The molecule has 0 amide bonds. The maximum atomic E-state index is 6.52. The second-order valence-corrected chi connectivity index (χ2v) is 6.19. The molecule has 0 spiro atoms. The molecule has 1 heterocycles. The van der Waals surface area contributed by atoms with E-state index in [1.807, 2.05) is 12.1 Å². The van der Waals surface area contributed by atoms with Gasteiger partial charge in [-0.3, -0.25) is 0 Å². The minimum absolute atomic E-state index is 0.122. The van der Waals surface area contributed by atoms with Crippen LogP contribution in [0, 0.1) is 0 Å². The molecule has 0 radical (unpaired) electrons. The van der Waals surface area contributed by atoms with Crippen molar-refractivity contribution in [1.29, 1.82) is 0 Å². The zero-order valence-electron chi connectivity index (χ0n) is 12.8. The molecule has 1 aliphatic heterocycles. The third-order valence-electron chi connectivity index (χ3n) is 4.65. The number of nitrogens with two attached hydrogens (primary N) is 1. The minimum Gasteiger partial charge on any atom is -0.493 e. The standard InChI is InChI=1S/C17H25NO3/c1-19-16-11-13(17(18)8-2-3-9-17)6-7-15(16)21-14-5-4-10-20-12-14/h6-7,11,14H,2-5,8-10,12,18H2,1H3. The summed E-state index contributed by atoms with van der Waals surface area (Å²) in [6.45, 7) is 1.50. The Balaban J connectivity index is 1.78. The number of hydrogen-bond donors (Lipinski definition) is 1. The lowest BCUT2D eigenvalue weighted by molar-refractivity contribution is 0.00642. The highest BCUT2D eigenvalue weighted by Crippen LogP contribution is 2.40. The molecule has 1 aliphatic carbocycles. The summed E-state index contributed by atoms with van der Waals surface area (Å²) < 4.78 is 17.0. The van der Waals surface area contributed by atoms with E-state index >= 15 is 0 Å². The Morgan fingerprint density at radius 3 is 2.67 bits per heavy atom. The van der Waals surface area contributed by atoms with Crippen LogP contribution < -0.4 is 15.2 Å². The van der Waals surface area contributed by atoms with Crippen molar-refractivity contribution >= 4 is 0 Å². The largest absolute Gasteiger partial charge is 0.493 e. The van der Waals surface area contributed by atoms with E-state index in [1.54, 1.807) is 7.11 Å². The molecule has 116 valence electrons. The molecule has 3 rings (SSSR count). The van der Waals surface area contributed by atoms with Crippen molar-refractivity contribution in [2.45, 2.75) is 50.2 Å². The smallest absolute Gasteiger partial charge is 0.161 e. The zero-order valence-corrected chi connectivity index (χ0v) is 12.8. The van der Waals surface area contributed by atoms with Crippen molar-refractivity contribution in [3.63, 3.8) is 0 Å². The van der Waals surface area contributed by atoms with E-state index in [9.17, 15) is 0 Å². The summed E-state index contributed by atoms with van der Waals surface area (Å²) in [6.07, 6.45) is 6.71. The second kappa shape index (κ2) is 6.24. The Morgan fingerprint density at radius 2 is 2.00 bits per heavy atom. The summed E-state index contributed by atoms with van der Waals surface area (Å²) in [5, 5.41) is 0. The molecule has 2 N–H and O–H groups in total. The molecule has 1 aromatic carbocycles. The molecule has 0 aromatic heterocycles. The first kappa shape index (κ1) is 14.7. The van der Waals surface area contributed by atoms with Gasteiger partial charge in [0.2, 0.25) is 0 Å². The minimum atomic E-state index is -0.195.